The Kier molecular flexibility index (Phi) is 4.07. The lowest BCUT2D eigenvalue weighted by Gasteiger charge is -2.10. The molecule has 0 radical (unpaired) electrons. The van der Waals surface area contributed by atoms with Crippen molar-refractivity contribution in [3.63, 3.8) is 0 Å². The van der Waals surface area contributed by atoms with Crippen LogP contribution in [0.1, 0.15) is 12.5 Å². The van der Waals surface area contributed by atoms with Gasteiger partial charge in [-0.2, -0.15) is 0 Å². The molecule has 0 aliphatic rings. The fourth-order valence-electron chi connectivity index (χ4n) is 1.54. The van der Waals surface area contributed by atoms with Crippen LogP contribution in [-0.2, 0) is 6.42 Å². The predicted molar refractivity (Wildman–Crippen MR) is 62.5 cm³/mol. The van der Waals surface area contributed by atoms with Crippen molar-refractivity contribution in [2.24, 2.45) is 0 Å². The zero-order chi connectivity index (χ0) is 12.1. The topological polar surface area (TPSA) is 101 Å². The summed E-state index contributed by atoms with van der Waals surface area (Å²) in [6.07, 6.45) is 0.229. The molecule has 1 rings (SSSR count). The number of aliphatic hydroxyl groups excluding tert-OH is 1. The third-order valence-electron chi connectivity index (χ3n) is 2.23. The Hall–Kier alpha value is -1.82. The number of anilines is 2. The van der Waals surface area contributed by atoms with Crippen LogP contribution in [0.2, 0.25) is 0 Å². The second-order valence-corrected chi connectivity index (χ2v) is 3.30. The highest BCUT2D eigenvalue weighted by Gasteiger charge is 2.20. The van der Waals surface area contributed by atoms with E-state index in [1.807, 2.05) is 6.92 Å². The molecule has 0 bridgehead atoms. The van der Waals surface area contributed by atoms with Gasteiger partial charge >= 0.3 is 0 Å². The average Bonchev–Trinajstić information content (AvgIpc) is 2.22. The van der Waals surface area contributed by atoms with Crippen molar-refractivity contribution in [1.29, 1.82) is 0 Å². The normalized spacial score (nSPS) is 10.1. The fraction of sp³-hybridized carbons (Fsp3) is 0.400. The van der Waals surface area contributed by atoms with Crippen LogP contribution in [-0.4, -0.2) is 23.2 Å². The fourth-order valence-corrected chi connectivity index (χ4v) is 1.54. The Morgan fingerprint density at radius 3 is 2.75 bits per heavy atom. The molecule has 16 heavy (non-hydrogen) atoms. The Balaban J connectivity index is 3.24. The third kappa shape index (κ3) is 2.40. The Morgan fingerprint density at radius 2 is 2.25 bits per heavy atom. The van der Waals surface area contributed by atoms with Gasteiger partial charge in [-0.3, -0.25) is 10.1 Å². The maximum atomic E-state index is 10.9. The van der Waals surface area contributed by atoms with Gasteiger partial charge in [-0.1, -0.05) is 0 Å². The van der Waals surface area contributed by atoms with Crippen LogP contribution in [0.25, 0.3) is 0 Å². The molecule has 0 aliphatic carbocycles. The number of nitrogen functional groups attached to an aromatic ring is 1. The molecule has 1 aromatic carbocycles. The first-order chi connectivity index (χ1) is 7.61. The molecule has 0 aliphatic heterocycles. The molecule has 0 unspecified atom stereocenters. The van der Waals surface area contributed by atoms with Crippen LogP contribution in [0.5, 0.6) is 0 Å². The molecule has 0 fully saturated rings. The molecular weight excluding hydrogens is 210 g/mol. The predicted octanol–water partition coefficient (Wildman–Crippen LogP) is 1.14. The van der Waals surface area contributed by atoms with E-state index in [2.05, 4.69) is 5.32 Å². The molecule has 1 aromatic rings. The van der Waals surface area contributed by atoms with Crippen LogP contribution in [0, 0.1) is 10.1 Å². The molecule has 0 amide bonds. The van der Waals surface area contributed by atoms with Gasteiger partial charge in [0.1, 0.15) is 5.69 Å². The van der Waals surface area contributed by atoms with Crippen molar-refractivity contribution >= 4 is 17.1 Å². The summed E-state index contributed by atoms with van der Waals surface area (Å²) in [5.41, 5.74) is 6.72. The molecule has 6 heteroatoms. The molecule has 6 nitrogen and oxygen atoms in total. The maximum absolute atomic E-state index is 10.9. The summed E-state index contributed by atoms with van der Waals surface area (Å²) in [5, 5.41) is 22.6. The number of nitro benzene ring substituents is 1. The van der Waals surface area contributed by atoms with E-state index < -0.39 is 4.92 Å². The number of nitrogens with two attached hydrogens (primary N) is 1. The summed E-state index contributed by atoms with van der Waals surface area (Å²) in [5.74, 6) is 0. The molecule has 0 atom stereocenters. The average molecular weight is 225 g/mol. The van der Waals surface area contributed by atoms with Crippen molar-refractivity contribution in [3.05, 3.63) is 27.8 Å². The van der Waals surface area contributed by atoms with Crippen LogP contribution in [0.15, 0.2) is 12.1 Å². The van der Waals surface area contributed by atoms with Gasteiger partial charge in [-0.05, 0) is 19.1 Å². The van der Waals surface area contributed by atoms with Gasteiger partial charge < -0.3 is 16.2 Å². The minimum absolute atomic E-state index is 0.118. The summed E-state index contributed by atoms with van der Waals surface area (Å²) in [6.45, 7) is 2.38. The molecule has 0 spiro atoms. The quantitative estimate of drug-likeness (QED) is 0.396. The number of aliphatic hydroxyl groups is 1. The highest BCUT2D eigenvalue weighted by atomic mass is 16.6. The summed E-state index contributed by atoms with van der Waals surface area (Å²) < 4.78 is 0. The summed E-state index contributed by atoms with van der Waals surface area (Å²) in [6, 6.07) is 3.31. The molecular formula is C10H15N3O3. The van der Waals surface area contributed by atoms with E-state index in [0.29, 0.717) is 17.8 Å². The van der Waals surface area contributed by atoms with Crippen LogP contribution in [0.3, 0.4) is 0 Å². The standard InChI is InChI=1S/C10H15N3O3/c1-2-12-8-4-3-7(5-6-14)10(9(8)11)13(15)16/h3-4,12,14H,2,5-6,11H2,1H3. The first-order valence-corrected chi connectivity index (χ1v) is 5.02. The van der Waals surface area contributed by atoms with Crippen molar-refractivity contribution in [1.82, 2.24) is 0 Å². The lowest BCUT2D eigenvalue weighted by atomic mass is 10.1. The number of nitrogens with zero attached hydrogens (tertiary/aromatic N) is 1. The second kappa shape index (κ2) is 5.32. The Labute approximate surface area is 93.2 Å². The lowest BCUT2D eigenvalue weighted by molar-refractivity contribution is -0.384. The molecule has 0 saturated heterocycles. The maximum Gasteiger partial charge on any atom is 0.297 e. The van der Waals surface area contributed by atoms with Crippen molar-refractivity contribution in [3.8, 4) is 0 Å². The Bertz CT molecular complexity index is 393. The number of nitro groups is 1. The van der Waals surface area contributed by atoms with E-state index in [1.165, 1.54) is 0 Å². The van der Waals surface area contributed by atoms with Crippen molar-refractivity contribution < 1.29 is 10.0 Å². The molecule has 4 N–H and O–H groups in total. The second-order valence-electron chi connectivity index (χ2n) is 3.30. The van der Waals surface area contributed by atoms with Gasteiger partial charge in [-0.25, -0.2) is 0 Å². The van der Waals surface area contributed by atoms with Crippen LogP contribution in [0.4, 0.5) is 17.1 Å². The van der Waals surface area contributed by atoms with Gasteiger partial charge in [0.25, 0.3) is 5.69 Å². The zero-order valence-corrected chi connectivity index (χ0v) is 9.06. The highest BCUT2D eigenvalue weighted by molar-refractivity contribution is 5.78. The van der Waals surface area contributed by atoms with Crippen LogP contribution >= 0.6 is 0 Å². The number of nitrogens with one attached hydrogen (secondary N) is 1. The SMILES string of the molecule is CCNc1ccc(CCO)c([N+](=O)[O-])c1N. The first kappa shape index (κ1) is 12.3. The lowest BCUT2D eigenvalue weighted by Crippen LogP contribution is -2.07. The van der Waals surface area contributed by atoms with Gasteiger partial charge in [0.15, 0.2) is 0 Å². The minimum Gasteiger partial charge on any atom is -0.396 e. The van der Waals surface area contributed by atoms with Gasteiger partial charge in [0.2, 0.25) is 0 Å². The van der Waals surface area contributed by atoms with Crippen LogP contribution < -0.4 is 11.1 Å². The van der Waals surface area contributed by atoms with E-state index in [4.69, 9.17) is 10.8 Å². The monoisotopic (exact) mass is 225 g/mol. The number of rotatable bonds is 5. The molecule has 88 valence electrons. The Morgan fingerprint density at radius 1 is 1.56 bits per heavy atom. The van der Waals surface area contributed by atoms with Gasteiger partial charge in [0, 0.05) is 25.1 Å². The number of benzene rings is 1. The summed E-state index contributed by atoms with van der Waals surface area (Å²) >= 11 is 0. The number of hydrogen-bond donors (Lipinski definition) is 3. The highest BCUT2D eigenvalue weighted by Crippen LogP contribution is 2.33. The van der Waals surface area contributed by atoms with E-state index in [9.17, 15) is 10.1 Å². The molecule has 0 heterocycles. The minimum atomic E-state index is -0.513. The zero-order valence-electron chi connectivity index (χ0n) is 9.06. The van der Waals surface area contributed by atoms with E-state index in [0.717, 1.165) is 0 Å². The number of hydrogen-bond acceptors (Lipinski definition) is 5. The molecule has 0 aromatic heterocycles. The van der Waals surface area contributed by atoms with Crippen molar-refractivity contribution in [2.75, 3.05) is 24.2 Å². The molecule has 0 saturated carbocycles. The smallest absolute Gasteiger partial charge is 0.297 e. The van der Waals surface area contributed by atoms with Gasteiger partial charge in [0.05, 0.1) is 10.6 Å². The van der Waals surface area contributed by atoms with E-state index in [-0.39, 0.29) is 24.4 Å². The largest absolute Gasteiger partial charge is 0.396 e. The van der Waals surface area contributed by atoms with Crippen molar-refractivity contribution in [2.45, 2.75) is 13.3 Å². The summed E-state index contributed by atoms with van der Waals surface area (Å²) in [7, 11) is 0. The van der Waals surface area contributed by atoms with E-state index >= 15 is 0 Å². The first-order valence-electron chi connectivity index (χ1n) is 5.02. The van der Waals surface area contributed by atoms with E-state index in [1.54, 1.807) is 12.1 Å². The third-order valence-corrected chi connectivity index (χ3v) is 2.23. The summed E-state index contributed by atoms with van der Waals surface area (Å²) in [4.78, 5) is 10.4. The van der Waals surface area contributed by atoms with Gasteiger partial charge in [-0.15, -0.1) is 0 Å².